The number of ketones is 1. The molecule has 0 aromatic heterocycles. The zero-order valence-electron chi connectivity index (χ0n) is 9.60. The van der Waals surface area contributed by atoms with Crippen LogP contribution >= 0.6 is 0 Å². The second-order valence-corrected chi connectivity index (χ2v) is 2.55. The average molecular weight is 212 g/mol. The Morgan fingerprint density at radius 3 is 1.60 bits per heavy atom. The lowest BCUT2D eigenvalue weighted by atomic mass is 10.2. The lowest BCUT2D eigenvalue weighted by Gasteiger charge is -1.89. The van der Waals surface area contributed by atoms with Crippen LogP contribution in [0.4, 0.5) is 0 Å². The number of rotatable bonds is 1. The molecule has 3 heteroatoms. The van der Waals surface area contributed by atoms with Crippen LogP contribution in [0.15, 0.2) is 30.3 Å². The molecule has 0 saturated carbocycles. The molecule has 1 aromatic rings. The Labute approximate surface area is 91.4 Å². The molecule has 0 heterocycles. The summed E-state index contributed by atoms with van der Waals surface area (Å²) in [5.74, 6) is 0.121. The zero-order chi connectivity index (χ0) is 12.1. The van der Waals surface area contributed by atoms with E-state index in [2.05, 4.69) is 0 Å². The van der Waals surface area contributed by atoms with Gasteiger partial charge in [0.25, 0.3) is 0 Å². The fourth-order valence-corrected chi connectivity index (χ4v) is 0.673. The predicted molar refractivity (Wildman–Crippen MR) is 62.0 cm³/mol. The van der Waals surface area contributed by atoms with E-state index in [9.17, 15) is 4.79 Å². The van der Waals surface area contributed by atoms with Gasteiger partial charge >= 0.3 is 0 Å². The van der Waals surface area contributed by atoms with E-state index >= 15 is 0 Å². The summed E-state index contributed by atoms with van der Waals surface area (Å²) in [6, 6.07) is 9.23. The van der Waals surface area contributed by atoms with E-state index in [1.54, 1.807) is 20.8 Å². The molecule has 86 valence electrons. The smallest absolute Gasteiger partial charge is 0.159 e. The van der Waals surface area contributed by atoms with Crippen molar-refractivity contribution in [3.8, 4) is 0 Å². The summed E-state index contributed by atoms with van der Waals surface area (Å²) < 4.78 is 0. The van der Waals surface area contributed by atoms with Gasteiger partial charge in [0.2, 0.25) is 0 Å². The minimum atomic E-state index is 0.121. The number of carbonyl (C=O) groups is 1. The maximum Gasteiger partial charge on any atom is 0.159 e. The van der Waals surface area contributed by atoms with Gasteiger partial charge in [0.15, 0.2) is 5.78 Å². The molecule has 1 aromatic carbocycles. The first-order valence-electron chi connectivity index (χ1n) is 4.91. The summed E-state index contributed by atoms with van der Waals surface area (Å²) in [5, 5.41) is 15.1. The fourth-order valence-electron chi connectivity index (χ4n) is 0.673. The van der Waals surface area contributed by atoms with Gasteiger partial charge in [-0.25, -0.2) is 0 Å². The Bertz CT molecular complexity index is 230. The third-order valence-electron chi connectivity index (χ3n) is 1.18. The van der Waals surface area contributed by atoms with E-state index in [0.717, 1.165) is 5.56 Å². The standard InChI is InChI=1S/C8H8O.2C2H6O/c1-7(9)8-5-3-2-4-6-8;2*1-2-3/h2-6H,1H3;2*3H,2H2,1H3. The molecule has 1 rings (SSSR count). The van der Waals surface area contributed by atoms with Gasteiger partial charge in [0.05, 0.1) is 0 Å². The molecule has 0 saturated heterocycles. The summed E-state index contributed by atoms with van der Waals surface area (Å²) >= 11 is 0. The molecule has 0 bridgehead atoms. The summed E-state index contributed by atoms with van der Waals surface area (Å²) in [4.78, 5) is 10.6. The summed E-state index contributed by atoms with van der Waals surface area (Å²) in [5.41, 5.74) is 0.775. The number of carbonyl (C=O) groups excluding carboxylic acids is 1. The molecule has 0 amide bonds. The van der Waals surface area contributed by atoms with Crippen molar-refractivity contribution in [1.29, 1.82) is 0 Å². The first-order valence-corrected chi connectivity index (χ1v) is 4.91. The van der Waals surface area contributed by atoms with Crippen LogP contribution in [0.25, 0.3) is 0 Å². The molecule has 0 aliphatic heterocycles. The molecule has 2 N–H and O–H groups in total. The number of aliphatic hydroxyl groups excluding tert-OH is 2. The van der Waals surface area contributed by atoms with Crippen molar-refractivity contribution in [2.75, 3.05) is 13.2 Å². The Morgan fingerprint density at radius 2 is 1.40 bits per heavy atom. The summed E-state index contributed by atoms with van der Waals surface area (Å²) in [6.07, 6.45) is 0. The first-order chi connectivity index (χ1) is 7.13. The van der Waals surface area contributed by atoms with Crippen LogP contribution in [-0.2, 0) is 0 Å². The van der Waals surface area contributed by atoms with Crippen molar-refractivity contribution in [3.63, 3.8) is 0 Å². The SMILES string of the molecule is CC(=O)c1ccccc1.CCO.CCO. The minimum Gasteiger partial charge on any atom is -0.397 e. The fraction of sp³-hybridized carbons (Fsp3) is 0.417. The average Bonchev–Trinajstić information content (AvgIpc) is 2.21. The molecule has 0 aliphatic rings. The van der Waals surface area contributed by atoms with Crippen molar-refractivity contribution < 1.29 is 15.0 Å². The molecule has 0 atom stereocenters. The highest BCUT2D eigenvalue weighted by Crippen LogP contribution is 1.97. The van der Waals surface area contributed by atoms with E-state index in [1.165, 1.54) is 0 Å². The maximum atomic E-state index is 10.6. The van der Waals surface area contributed by atoms with Gasteiger partial charge < -0.3 is 10.2 Å². The second-order valence-electron chi connectivity index (χ2n) is 2.55. The van der Waals surface area contributed by atoms with E-state index in [-0.39, 0.29) is 19.0 Å². The van der Waals surface area contributed by atoms with Crippen LogP contribution < -0.4 is 0 Å². The number of hydrogen-bond acceptors (Lipinski definition) is 3. The monoisotopic (exact) mass is 212 g/mol. The lowest BCUT2D eigenvalue weighted by molar-refractivity contribution is 0.101. The van der Waals surface area contributed by atoms with Gasteiger partial charge in [0.1, 0.15) is 0 Å². The molecule has 3 nitrogen and oxygen atoms in total. The van der Waals surface area contributed by atoms with E-state index in [1.807, 2.05) is 30.3 Å². The van der Waals surface area contributed by atoms with Crippen molar-refractivity contribution in [3.05, 3.63) is 35.9 Å². The first kappa shape index (κ1) is 16.2. The lowest BCUT2D eigenvalue weighted by Crippen LogP contribution is -1.88. The predicted octanol–water partition coefficient (Wildman–Crippen LogP) is 1.89. The summed E-state index contributed by atoms with van der Waals surface area (Å²) in [7, 11) is 0. The molecule has 0 aliphatic carbocycles. The highest BCUT2D eigenvalue weighted by atomic mass is 16.3. The van der Waals surface area contributed by atoms with Crippen LogP contribution in [0, 0.1) is 0 Å². The van der Waals surface area contributed by atoms with Crippen molar-refractivity contribution >= 4 is 5.78 Å². The van der Waals surface area contributed by atoms with E-state index in [0.29, 0.717) is 0 Å². The molecule has 15 heavy (non-hydrogen) atoms. The van der Waals surface area contributed by atoms with Gasteiger partial charge in [-0.15, -0.1) is 0 Å². The molecule has 0 unspecified atom stereocenters. The van der Waals surface area contributed by atoms with Gasteiger partial charge in [-0.05, 0) is 20.8 Å². The van der Waals surface area contributed by atoms with Crippen LogP contribution in [0.3, 0.4) is 0 Å². The third kappa shape index (κ3) is 12.8. The van der Waals surface area contributed by atoms with Crippen molar-refractivity contribution in [2.45, 2.75) is 20.8 Å². The van der Waals surface area contributed by atoms with Gasteiger partial charge in [-0.1, -0.05) is 30.3 Å². The maximum absolute atomic E-state index is 10.6. The molecule has 0 radical (unpaired) electrons. The van der Waals surface area contributed by atoms with Crippen LogP contribution in [0.5, 0.6) is 0 Å². The van der Waals surface area contributed by atoms with Gasteiger partial charge in [-0.3, -0.25) is 4.79 Å². The second kappa shape index (κ2) is 12.8. The molecule has 0 fully saturated rings. The van der Waals surface area contributed by atoms with Crippen molar-refractivity contribution in [2.24, 2.45) is 0 Å². The summed E-state index contributed by atoms with van der Waals surface area (Å²) in [6.45, 7) is 5.43. The van der Waals surface area contributed by atoms with E-state index in [4.69, 9.17) is 10.2 Å². The normalized spacial score (nSPS) is 7.80. The minimum absolute atomic E-state index is 0.121. The number of hydrogen-bond donors (Lipinski definition) is 2. The topological polar surface area (TPSA) is 57.5 Å². The highest BCUT2D eigenvalue weighted by molar-refractivity contribution is 5.93. The van der Waals surface area contributed by atoms with E-state index < -0.39 is 0 Å². The number of benzene rings is 1. The Morgan fingerprint density at radius 1 is 1.07 bits per heavy atom. The Balaban J connectivity index is 0. The third-order valence-corrected chi connectivity index (χ3v) is 1.18. The Kier molecular flexibility index (Phi) is 13.9. The largest absolute Gasteiger partial charge is 0.397 e. The quantitative estimate of drug-likeness (QED) is 0.699. The van der Waals surface area contributed by atoms with Crippen LogP contribution in [0.2, 0.25) is 0 Å². The molecular formula is C12H20O3. The Hall–Kier alpha value is -1.19. The van der Waals surface area contributed by atoms with Crippen LogP contribution in [-0.4, -0.2) is 29.2 Å². The zero-order valence-corrected chi connectivity index (χ0v) is 9.60. The number of Topliss-reactive ketones (excluding diaryl/α,β-unsaturated/α-hetero) is 1. The highest BCUT2D eigenvalue weighted by Gasteiger charge is 1.92. The number of aliphatic hydroxyl groups is 2. The molecular weight excluding hydrogens is 192 g/mol. The van der Waals surface area contributed by atoms with Crippen LogP contribution in [0.1, 0.15) is 31.1 Å². The van der Waals surface area contributed by atoms with Gasteiger partial charge in [0, 0.05) is 18.8 Å². The molecule has 0 spiro atoms. The van der Waals surface area contributed by atoms with Crippen molar-refractivity contribution in [1.82, 2.24) is 0 Å². The van der Waals surface area contributed by atoms with Gasteiger partial charge in [-0.2, -0.15) is 0 Å².